The van der Waals surface area contributed by atoms with Gasteiger partial charge in [-0.05, 0) is 30.5 Å². The molecule has 3 rings (SSSR count). The highest BCUT2D eigenvalue weighted by molar-refractivity contribution is 7.99. The summed E-state index contributed by atoms with van der Waals surface area (Å²) in [5, 5.41) is 2.98. The normalized spacial score (nSPS) is 12.5. The first kappa shape index (κ1) is 15.8. The van der Waals surface area contributed by atoms with Crippen molar-refractivity contribution in [2.75, 3.05) is 7.11 Å². The minimum Gasteiger partial charge on any atom is -0.463 e. The zero-order valence-electron chi connectivity index (χ0n) is 12.7. The molecule has 0 aliphatic rings. The van der Waals surface area contributed by atoms with E-state index in [1.807, 2.05) is 12.3 Å². The molecule has 0 radical (unpaired) electrons. The minimum atomic E-state index is -0.515. The standard InChI is InChI=1S/C15H14N2O4S2/c1-8(10-4-5-11(21-10)14(19)20-3)23-15-16-12-9(6-7-22-12)13(18)17(15)2/h4-8H,1-3H3/t8-/m0/s1. The first-order chi connectivity index (χ1) is 11.0. The molecule has 3 aromatic heterocycles. The van der Waals surface area contributed by atoms with Crippen molar-refractivity contribution in [2.45, 2.75) is 17.3 Å². The molecular formula is C15H14N2O4S2. The first-order valence-electron chi connectivity index (χ1n) is 6.80. The molecule has 0 aromatic carbocycles. The Hall–Kier alpha value is -2.06. The average molecular weight is 350 g/mol. The predicted molar refractivity (Wildman–Crippen MR) is 89.2 cm³/mol. The second kappa shape index (κ2) is 6.21. The van der Waals surface area contributed by atoms with Crippen molar-refractivity contribution >= 4 is 39.3 Å². The summed E-state index contributed by atoms with van der Waals surface area (Å²) in [6, 6.07) is 5.08. The summed E-state index contributed by atoms with van der Waals surface area (Å²) in [5.74, 6) is 0.264. The van der Waals surface area contributed by atoms with Crippen molar-refractivity contribution in [3.63, 3.8) is 0 Å². The van der Waals surface area contributed by atoms with Crippen LogP contribution >= 0.6 is 23.1 Å². The van der Waals surface area contributed by atoms with E-state index in [4.69, 9.17) is 4.42 Å². The highest BCUT2D eigenvalue weighted by Crippen LogP contribution is 2.34. The van der Waals surface area contributed by atoms with Crippen LogP contribution in [0.15, 0.2) is 37.9 Å². The highest BCUT2D eigenvalue weighted by Gasteiger charge is 2.19. The van der Waals surface area contributed by atoms with Crippen molar-refractivity contribution < 1.29 is 13.9 Å². The monoisotopic (exact) mass is 350 g/mol. The Morgan fingerprint density at radius 3 is 2.96 bits per heavy atom. The summed E-state index contributed by atoms with van der Waals surface area (Å²) in [7, 11) is 3.00. The Balaban J connectivity index is 1.89. The molecule has 0 aliphatic carbocycles. The van der Waals surface area contributed by atoms with E-state index in [1.54, 1.807) is 25.2 Å². The first-order valence-corrected chi connectivity index (χ1v) is 8.56. The van der Waals surface area contributed by atoms with Gasteiger partial charge in [-0.2, -0.15) is 0 Å². The Morgan fingerprint density at radius 1 is 1.43 bits per heavy atom. The molecule has 0 aliphatic heterocycles. The lowest BCUT2D eigenvalue weighted by Crippen LogP contribution is -2.19. The van der Waals surface area contributed by atoms with E-state index in [-0.39, 0.29) is 16.6 Å². The summed E-state index contributed by atoms with van der Waals surface area (Å²) >= 11 is 2.84. The number of fused-ring (bicyclic) bond motifs is 1. The quantitative estimate of drug-likeness (QED) is 0.409. The van der Waals surface area contributed by atoms with Gasteiger partial charge in [0, 0.05) is 7.05 Å². The summed E-state index contributed by atoms with van der Waals surface area (Å²) in [6.45, 7) is 1.93. The van der Waals surface area contributed by atoms with Crippen molar-refractivity contribution in [3.05, 3.63) is 45.5 Å². The van der Waals surface area contributed by atoms with Gasteiger partial charge in [-0.25, -0.2) is 9.78 Å². The van der Waals surface area contributed by atoms with Gasteiger partial charge in [-0.15, -0.1) is 11.3 Å². The number of hydrogen-bond acceptors (Lipinski definition) is 7. The molecule has 1 atom stereocenters. The van der Waals surface area contributed by atoms with Gasteiger partial charge in [0.05, 0.1) is 17.7 Å². The summed E-state index contributed by atoms with van der Waals surface area (Å²) in [6.07, 6.45) is 0. The molecule has 0 bridgehead atoms. The van der Waals surface area contributed by atoms with Crippen LogP contribution in [0, 0.1) is 0 Å². The van der Waals surface area contributed by atoms with Crippen molar-refractivity contribution in [1.29, 1.82) is 0 Å². The molecule has 0 saturated heterocycles. The summed E-state index contributed by atoms with van der Waals surface area (Å²) < 4.78 is 11.7. The third-order valence-corrected chi connectivity index (χ3v) is 5.33. The summed E-state index contributed by atoms with van der Waals surface area (Å²) in [4.78, 5) is 29.0. The zero-order valence-corrected chi connectivity index (χ0v) is 14.4. The second-order valence-corrected chi connectivity index (χ2v) is 7.05. The number of thiophene rings is 1. The Labute approximate surface area is 140 Å². The number of nitrogens with zero attached hydrogens (tertiary/aromatic N) is 2. The van der Waals surface area contributed by atoms with Crippen molar-refractivity contribution in [1.82, 2.24) is 9.55 Å². The fourth-order valence-electron chi connectivity index (χ4n) is 2.08. The number of rotatable bonds is 4. The van der Waals surface area contributed by atoms with Gasteiger partial charge < -0.3 is 9.15 Å². The van der Waals surface area contributed by atoms with E-state index in [9.17, 15) is 9.59 Å². The van der Waals surface area contributed by atoms with Gasteiger partial charge in [0.1, 0.15) is 10.6 Å². The molecule has 23 heavy (non-hydrogen) atoms. The maximum Gasteiger partial charge on any atom is 0.373 e. The van der Waals surface area contributed by atoms with Crippen molar-refractivity contribution in [2.24, 2.45) is 7.05 Å². The van der Waals surface area contributed by atoms with E-state index >= 15 is 0 Å². The molecular weight excluding hydrogens is 336 g/mol. The molecule has 8 heteroatoms. The number of carbonyl (C=O) groups is 1. The molecule has 0 saturated carbocycles. The molecule has 120 valence electrons. The lowest BCUT2D eigenvalue weighted by atomic mass is 10.3. The van der Waals surface area contributed by atoms with E-state index in [2.05, 4.69) is 9.72 Å². The van der Waals surface area contributed by atoms with Gasteiger partial charge in [0.25, 0.3) is 5.56 Å². The molecule has 0 fully saturated rings. The SMILES string of the molecule is COC(=O)c1ccc([C@H](C)Sc2nc3sccc3c(=O)n2C)o1. The van der Waals surface area contributed by atoms with Crippen LogP contribution < -0.4 is 5.56 Å². The van der Waals surface area contributed by atoms with Crippen LogP contribution in [-0.4, -0.2) is 22.6 Å². The number of carbonyl (C=O) groups excluding carboxylic acids is 1. The van der Waals surface area contributed by atoms with Crippen LogP contribution in [0.2, 0.25) is 0 Å². The maximum absolute atomic E-state index is 12.3. The van der Waals surface area contributed by atoms with Crippen LogP contribution in [0.5, 0.6) is 0 Å². The molecule has 0 N–H and O–H groups in total. The predicted octanol–water partition coefficient (Wildman–Crippen LogP) is 3.23. The minimum absolute atomic E-state index is 0.0688. The van der Waals surface area contributed by atoms with Crippen LogP contribution in [0.4, 0.5) is 0 Å². The molecule has 0 spiro atoms. The molecule has 3 aromatic rings. The largest absolute Gasteiger partial charge is 0.463 e. The fraction of sp³-hybridized carbons (Fsp3) is 0.267. The van der Waals surface area contributed by atoms with Gasteiger partial charge in [0.2, 0.25) is 5.76 Å². The van der Waals surface area contributed by atoms with Crippen LogP contribution in [0.25, 0.3) is 10.2 Å². The third kappa shape index (κ3) is 2.91. The molecule has 6 nitrogen and oxygen atoms in total. The Morgan fingerprint density at radius 2 is 2.22 bits per heavy atom. The number of aromatic nitrogens is 2. The summed E-state index contributed by atoms with van der Waals surface area (Å²) in [5.41, 5.74) is -0.0688. The second-order valence-electron chi connectivity index (χ2n) is 4.85. The highest BCUT2D eigenvalue weighted by atomic mass is 32.2. The Kier molecular flexibility index (Phi) is 4.27. The smallest absolute Gasteiger partial charge is 0.373 e. The molecule has 0 unspecified atom stereocenters. The fourth-order valence-corrected chi connectivity index (χ4v) is 3.84. The molecule has 0 amide bonds. The van der Waals surface area contributed by atoms with E-state index in [1.165, 1.54) is 34.8 Å². The van der Waals surface area contributed by atoms with Gasteiger partial charge in [-0.3, -0.25) is 9.36 Å². The number of hydrogen-bond donors (Lipinski definition) is 0. The third-order valence-electron chi connectivity index (χ3n) is 3.36. The van der Waals surface area contributed by atoms with Gasteiger partial charge in [0.15, 0.2) is 5.16 Å². The van der Waals surface area contributed by atoms with E-state index in [0.29, 0.717) is 16.3 Å². The number of esters is 1. The lowest BCUT2D eigenvalue weighted by molar-refractivity contribution is 0.0563. The van der Waals surface area contributed by atoms with E-state index in [0.717, 1.165) is 4.83 Å². The van der Waals surface area contributed by atoms with Crippen LogP contribution in [0.3, 0.4) is 0 Å². The van der Waals surface area contributed by atoms with Crippen molar-refractivity contribution in [3.8, 4) is 0 Å². The number of ether oxygens (including phenoxy) is 1. The Bertz CT molecular complexity index is 925. The average Bonchev–Trinajstić information content (AvgIpc) is 3.20. The topological polar surface area (TPSA) is 74.3 Å². The lowest BCUT2D eigenvalue weighted by Gasteiger charge is -2.11. The maximum atomic E-state index is 12.3. The molecule has 3 heterocycles. The van der Waals surface area contributed by atoms with Gasteiger partial charge >= 0.3 is 5.97 Å². The number of methoxy groups -OCH3 is 1. The van der Waals surface area contributed by atoms with Gasteiger partial charge in [-0.1, -0.05) is 11.8 Å². The van der Waals surface area contributed by atoms with Crippen LogP contribution in [0.1, 0.15) is 28.5 Å². The number of thioether (sulfide) groups is 1. The van der Waals surface area contributed by atoms with Crippen LogP contribution in [-0.2, 0) is 11.8 Å². The number of furan rings is 1. The van der Waals surface area contributed by atoms with E-state index < -0.39 is 5.97 Å². The zero-order chi connectivity index (χ0) is 16.6.